The van der Waals surface area contributed by atoms with E-state index in [1.54, 1.807) is 0 Å². The largest absolute Gasteiger partial charge is 0.416 e. The van der Waals surface area contributed by atoms with Gasteiger partial charge in [-0.2, -0.15) is 0 Å². The van der Waals surface area contributed by atoms with Crippen molar-refractivity contribution in [3.63, 3.8) is 0 Å². The van der Waals surface area contributed by atoms with Crippen molar-refractivity contribution in [3.8, 4) is 90.1 Å². The Hall–Kier alpha value is -12.8. The number of rotatable bonds is 8. The summed E-state index contributed by atoms with van der Waals surface area (Å²) in [5.41, 5.74) is 30.2. The molecule has 0 N–H and O–H groups in total. The molecule has 4 aliphatic rings. The number of anilines is 6. The first kappa shape index (κ1) is 54.7. The Morgan fingerprint density at radius 3 is 1.21 bits per heavy atom. The summed E-state index contributed by atoms with van der Waals surface area (Å²) < 4.78 is 6.67. The molecule has 0 unspecified atom stereocenters. The predicted molar refractivity (Wildman–Crippen MR) is 391 cm³/mol. The maximum absolute atomic E-state index is 6.67. The van der Waals surface area contributed by atoms with Gasteiger partial charge < -0.3 is 14.2 Å². The van der Waals surface area contributed by atoms with Crippen LogP contribution in [0.1, 0.15) is 44.5 Å². The average molecular weight is 1240 g/mol. The Bertz CT molecular complexity index is 5770. The van der Waals surface area contributed by atoms with Crippen molar-refractivity contribution in [2.24, 2.45) is 0 Å². The zero-order chi connectivity index (χ0) is 63.8. The number of hydrogen-bond acceptors (Lipinski definition) is 7. The minimum atomic E-state index is -0.604. The van der Waals surface area contributed by atoms with Gasteiger partial charge in [-0.05, 0) is 180 Å². The molecule has 4 heterocycles. The number of aromatic nitrogens is 4. The molecule has 20 rings (SSSR count). The summed E-state index contributed by atoms with van der Waals surface area (Å²) in [5, 5.41) is 10.4. The standard InChI is InChI=1S/C90H56N6O/c1-3-24-65(25-4-1)95-82-40-19-15-36-76(82)90(77-37-16-20-41-83(77)95)74-34-13-9-30-69(74)70-52-50-63(55-78(70)90)86-91-80-38-17-10-31-71(80)85(92-86)59-46-42-57(43-47-59)61-22-21-23-62(54-61)58-44-48-60(49-45-58)87-93-94-88(97-87)64-51-53-84-79(56-64)89(72-32-11-7-28-67(72)68-29-8-12-33-73(68)89)75-35-14-18-39-81(75)96(84)66-26-5-2-6-27-66/h1-56H. The molecule has 0 saturated heterocycles. The molecule has 97 heavy (non-hydrogen) atoms. The maximum Gasteiger partial charge on any atom is 0.248 e. The van der Waals surface area contributed by atoms with Gasteiger partial charge in [0.15, 0.2) is 5.82 Å². The molecule has 7 nitrogen and oxygen atoms in total. The molecule has 2 aliphatic heterocycles. The lowest BCUT2D eigenvalue weighted by Gasteiger charge is -2.45. The highest BCUT2D eigenvalue weighted by molar-refractivity contribution is 6.00. The first-order chi connectivity index (χ1) is 48.1. The Labute approximate surface area is 561 Å². The van der Waals surface area contributed by atoms with E-state index in [9.17, 15) is 0 Å². The fourth-order valence-electron chi connectivity index (χ4n) is 16.6. The van der Waals surface area contributed by atoms with Crippen molar-refractivity contribution in [3.05, 3.63) is 384 Å². The van der Waals surface area contributed by atoms with Crippen LogP contribution in [0.3, 0.4) is 0 Å². The number of hydrogen-bond donors (Lipinski definition) is 0. The van der Waals surface area contributed by atoms with Crippen LogP contribution in [-0.4, -0.2) is 20.2 Å². The van der Waals surface area contributed by atoms with E-state index in [0.29, 0.717) is 17.6 Å². The van der Waals surface area contributed by atoms with E-state index in [1.165, 1.54) is 61.2 Å². The third-order valence-electron chi connectivity index (χ3n) is 20.7. The van der Waals surface area contributed by atoms with Crippen molar-refractivity contribution < 1.29 is 4.42 Å². The summed E-state index contributed by atoms with van der Waals surface area (Å²) >= 11 is 0. The fourth-order valence-corrected chi connectivity index (χ4v) is 16.6. The molecular formula is C90H56N6O. The van der Waals surface area contributed by atoms with Crippen LogP contribution in [0, 0.1) is 0 Å². The van der Waals surface area contributed by atoms with Gasteiger partial charge in [0.2, 0.25) is 11.8 Å². The highest BCUT2D eigenvalue weighted by Gasteiger charge is 2.53. The molecule has 0 atom stereocenters. The molecule has 2 aromatic heterocycles. The molecule has 2 spiro atoms. The van der Waals surface area contributed by atoms with E-state index in [0.717, 1.165) is 101 Å². The molecule has 0 saturated carbocycles. The van der Waals surface area contributed by atoms with Gasteiger partial charge in [-0.25, -0.2) is 9.97 Å². The second-order valence-electron chi connectivity index (χ2n) is 25.6. The summed E-state index contributed by atoms with van der Waals surface area (Å²) in [6.07, 6.45) is 0. The smallest absolute Gasteiger partial charge is 0.248 e. The molecule has 0 amide bonds. The lowest BCUT2D eigenvalue weighted by molar-refractivity contribution is 0.584. The van der Waals surface area contributed by atoms with Crippen LogP contribution in [-0.2, 0) is 10.8 Å². The highest BCUT2D eigenvalue weighted by Crippen LogP contribution is 2.66. The van der Waals surface area contributed by atoms with Crippen LogP contribution in [0.15, 0.2) is 344 Å². The zero-order valence-electron chi connectivity index (χ0n) is 52.4. The van der Waals surface area contributed by atoms with Gasteiger partial charge in [-0.1, -0.05) is 249 Å². The Kier molecular flexibility index (Phi) is 12.0. The molecular weight excluding hydrogens is 1180 g/mol. The van der Waals surface area contributed by atoms with Gasteiger partial charge in [-0.15, -0.1) is 10.2 Å². The lowest BCUT2D eigenvalue weighted by Crippen LogP contribution is -2.36. The molecule has 0 radical (unpaired) electrons. The van der Waals surface area contributed by atoms with Gasteiger partial charge in [0.1, 0.15) is 0 Å². The van der Waals surface area contributed by atoms with E-state index < -0.39 is 10.8 Å². The predicted octanol–water partition coefficient (Wildman–Crippen LogP) is 22.3. The number of para-hydroxylation sites is 6. The maximum atomic E-state index is 6.67. The number of benzene rings is 14. The first-order valence-corrected chi connectivity index (χ1v) is 33.1. The van der Waals surface area contributed by atoms with Crippen molar-refractivity contribution >= 4 is 45.0 Å². The van der Waals surface area contributed by atoms with Crippen LogP contribution in [0.25, 0.3) is 101 Å². The van der Waals surface area contributed by atoms with Crippen LogP contribution >= 0.6 is 0 Å². The number of fused-ring (bicyclic) bond motifs is 19. The van der Waals surface area contributed by atoms with Crippen molar-refractivity contribution in [1.29, 1.82) is 0 Å². The van der Waals surface area contributed by atoms with E-state index in [1.807, 2.05) is 0 Å². The van der Waals surface area contributed by atoms with Crippen molar-refractivity contribution in [2.75, 3.05) is 9.80 Å². The van der Waals surface area contributed by atoms with E-state index in [2.05, 4.69) is 355 Å². The van der Waals surface area contributed by atoms with Gasteiger partial charge in [0.25, 0.3) is 0 Å². The molecule has 16 aromatic rings. The Morgan fingerprint density at radius 2 is 0.649 bits per heavy atom. The molecule has 2 aliphatic carbocycles. The Balaban J connectivity index is 0.613. The van der Waals surface area contributed by atoms with Gasteiger partial charge in [0, 0.05) is 39.0 Å². The summed E-state index contributed by atoms with van der Waals surface area (Å²) in [6, 6.07) is 123. The highest BCUT2D eigenvalue weighted by atomic mass is 16.4. The summed E-state index contributed by atoms with van der Waals surface area (Å²) in [4.78, 5) is 15.7. The van der Waals surface area contributed by atoms with Crippen LogP contribution < -0.4 is 9.80 Å². The third kappa shape index (κ3) is 8.03. The molecule has 14 aromatic carbocycles. The average Bonchev–Trinajstić information content (AvgIpc) is 1.59. The van der Waals surface area contributed by atoms with Gasteiger partial charge in [-0.3, -0.25) is 0 Å². The Morgan fingerprint density at radius 1 is 0.247 bits per heavy atom. The SMILES string of the molecule is c1ccc(N2c3ccccc3C3(c4ccccc4-c4ccc(-c5nc(-c6ccc(-c7cccc(-c8ccc(-c9nnc(-c%10ccc%11c(c%10)C%10(c%12ccccc%12-c%12ccccc%12%10)c%10ccccc%10N%11c%10ccccc%10)o9)cc8)c7)cc6)c6ccccc6n5)cc43)c3ccccc32)cc1. The van der Waals surface area contributed by atoms with E-state index >= 15 is 0 Å². The molecule has 7 heteroatoms. The molecule has 0 fully saturated rings. The molecule has 0 bridgehead atoms. The lowest BCUT2D eigenvalue weighted by atomic mass is 9.64. The quantitative estimate of drug-likeness (QED) is 0.150. The fraction of sp³-hybridized carbons (Fsp3) is 0.0222. The van der Waals surface area contributed by atoms with Crippen LogP contribution in [0.2, 0.25) is 0 Å². The first-order valence-electron chi connectivity index (χ1n) is 33.1. The van der Waals surface area contributed by atoms with E-state index in [-0.39, 0.29) is 0 Å². The topological polar surface area (TPSA) is 71.2 Å². The normalized spacial score (nSPS) is 13.7. The number of nitrogens with zero attached hydrogens (tertiary/aromatic N) is 6. The van der Waals surface area contributed by atoms with Gasteiger partial charge >= 0.3 is 0 Å². The summed E-state index contributed by atoms with van der Waals surface area (Å²) in [7, 11) is 0. The van der Waals surface area contributed by atoms with Crippen LogP contribution in [0.4, 0.5) is 34.1 Å². The second-order valence-corrected chi connectivity index (χ2v) is 25.6. The van der Waals surface area contributed by atoms with Crippen molar-refractivity contribution in [2.45, 2.75) is 10.8 Å². The van der Waals surface area contributed by atoms with Gasteiger partial charge in [0.05, 0.1) is 44.8 Å². The minimum absolute atomic E-state index is 0.457. The van der Waals surface area contributed by atoms with Crippen LogP contribution in [0.5, 0.6) is 0 Å². The summed E-state index contributed by atoms with van der Waals surface area (Å²) in [5.74, 6) is 1.60. The second kappa shape index (κ2) is 21.3. The third-order valence-corrected chi connectivity index (χ3v) is 20.7. The monoisotopic (exact) mass is 1240 g/mol. The van der Waals surface area contributed by atoms with E-state index in [4.69, 9.17) is 19.5 Å². The summed E-state index contributed by atoms with van der Waals surface area (Å²) in [6.45, 7) is 0. The minimum Gasteiger partial charge on any atom is -0.416 e. The zero-order valence-corrected chi connectivity index (χ0v) is 52.4. The molecule has 452 valence electrons. The van der Waals surface area contributed by atoms with Crippen molar-refractivity contribution in [1.82, 2.24) is 20.2 Å².